The molecule has 2 heteroatoms. The summed E-state index contributed by atoms with van der Waals surface area (Å²) in [4.78, 5) is 0. The zero-order valence-corrected chi connectivity index (χ0v) is 15.9. The van der Waals surface area contributed by atoms with Crippen molar-refractivity contribution < 1.29 is 4.74 Å². The van der Waals surface area contributed by atoms with Gasteiger partial charge in [0.05, 0.1) is 6.61 Å². The van der Waals surface area contributed by atoms with E-state index in [0.29, 0.717) is 0 Å². The number of hydrogen-bond acceptors (Lipinski definition) is 2. The van der Waals surface area contributed by atoms with E-state index in [1.807, 2.05) is 0 Å². The Labute approximate surface area is 153 Å². The van der Waals surface area contributed by atoms with E-state index in [-0.39, 0.29) is 0 Å². The van der Waals surface area contributed by atoms with Crippen molar-refractivity contribution in [3.05, 3.63) is 65.2 Å². The molecule has 0 aliphatic rings. The van der Waals surface area contributed by atoms with Crippen molar-refractivity contribution in [2.24, 2.45) is 0 Å². The summed E-state index contributed by atoms with van der Waals surface area (Å²) in [5.74, 6) is 0.982. The Kier molecular flexibility index (Phi) is 9.14. The summed E-state index contributed by atoms with van der Waals surface area (Å²) in [6.07, 6.45) is 7.80. The first-order valence-corrected chi connectivity index (χ1v) is 9.76. The molecule has 25 heavy (non-hydrogen) atoms. The van der Waals surface area contributed by atoms with Gasteiger partial charge in [0, 0.05) is 13.1 Å². The third kappa shape index (κ3) is 8.22. The molecule has 0 bridgehead atoms. The second-order valence-electron chi connectivity index (χ2n) is 6.85. The van der Waals surface area contributed by atoms with Gasteiger partial charge in [-0.2, -0.15) is 0 Å². The number of unbranched alkanes of at least 4 members (excludes halogenated alkanes) is 5. The highest BCUT2D eigenvalue weighted by Gasteiger charge is 1.98. The van der Waals surface area contributed by atoms with Crippen LogP contribution in [0.4, 0.5) is 0 Å². The molecule has 0 aromatic heterocycles. The van der Waals surface area contributed by atoms with E-state index >= 15 is 0 Å². The lowest BCUT2D eigenvalue weighted by Crippen LogP contribution is -2.12. The molecule has 0 heterocycles. The fourth-order valence-electron chi connectivity index (χ4n) is 2.83. The second-order valence-corrected chi connectivity index (χ2v) is 6.85. The topological polar surface area (TPSA) is 21.3 Å². The monoisotopic (exact) mass is 339 g/mol. The molecule has 2 rings (SSSR count). The highest BCUT2D eigenvalue weighted by atomic mass is 16.5. The Bertz CT molecular complexity index is 574. The Hall–Kier alpha value is -1.80. The van der Waals surface area contributed by atoms with Crippen molar-refractivity contribution in [1.29, 1.82) is 0 Å². The van der Waals surface area contributed by atoms with Crippen LogP contribution >= 0.6 is 0 Å². The summed E-state index contributed by atoms with van der Waals surface area (Å²) in [7, 11) is 0. The minimum Gasteiger partial charge on any atom is -0.494 e. The largest absolute Gasteiger partial charge is 0.494 e. The number of hydrogen-bond donors (Lipinski definition) is 1. The summed E-state index contributed by atoms with van der Waals surface area (Å²) in [5, 5.41) is 3.49. The number of nitrogens with one attached hydrogen (secondary N) is 1. The van der Waals surface area contributed by atoms with E-state index in [2.05, 4.69) is 67.7 Å². The number of ether oxygens (including phenoxy) is 1. The molecule has 0 aliphatic heterocycles. The molecule has 0 amide bonds. The molecule has 2 aromatic carbocycles. The summed E-state index contributed by atoms with van der Waals surface area (Å²) in [6, 6.07) is 17.2. The normalized spacial score (nSPS) is 10.8. The third-order valence-corrected chi connectivity index (χ3v) is 4.47. The molecule has 0 fully saturated rings. The minimum absolute atomic E-state index is 0.831. The van der Waals surface area contributed by atoms with Gasteiger partial charge in [0.1, 0.15) is 5.75 Å². The van der Waals surface area contributed by atoms with Gasteiger partial charge in [-0.25, -0.2) is 0 Å². The van der Waals surface area contributed by atoms with E-state index in [1.54, 1.807) is 0 Å². The van der Waals surface area contributed by atoms with Crippen LogP contribution in [0.3, 0.4) is 0 Å². The predicted molar refractivity (Wildman–Crippen MR) is 107 cm³/mol. The molecule has 0 unspecified atom stereocenters. The van der Waals surface area contributed by atoms with Crippen LogP contribution in [0.5, 0.6) is 5.75 Å². The molecule has 2 nitrogen and oxygen atoms in total. The lowest BCUT2D eigenvalue weighted by atomic mass is 10.1. The summed E-state index contributed by atoms with van der Waals surface area (Å²) < 4.78 is 5.83. The van der Waals surface area contributed by atoms with Crippen molar-refractivity contribution >= 4 is 0 Å². The minimum atomic E-state index is 0.831. The highest BCUT2D eigenvalue weighted by Crippen LogP contribution is 2.13. The van der Waals surface area contributed by atoms with Crippen molar-refractivity contribution in [2.45, 2.75) is 65.5 Å². The van der Waals surface area contributed by atoms with Crippen LogP contribution in [-0.2, 0) is 13.1 Å². The molecular formula is C23H33NO. The van der Waals surface area contributed by atoms with Crippen molar-refractivity contribution in [2.75, 3.05) is 6.61 Å². The average Bonchev–Trinajstić information content (AvgIpc) is 2.64. The second kappa shape index (κ2) is 11.7. The van der Waals surface area contributed by atoms with Crippen LogP contribution < -0.4 is 10.1 Å². The van der Waals surface area contributed by atoms with E-state index < -0.39 is 0 Å². The van der Waals surface area contributed by atoms with Gasteiger partial charge in [-0.3, -0.25) is 0 Å². The molecule has 1 N–H and O–H groups in total. The zero-order valence-electron chi connectivity index (χ0n) is 15.9. The van der Waals surface area contributed by atoms with Gasteiger partial charge in [0.15, 0.2) is 0 Å². The maximum atomic E-state index is 5.83. The molecule has 0 saturated heterocycles. The van der Waals surface area contributed by atoms with Crippen LogP contribution in [-0.4, -0.2) is 6.61 Å². The maximum absolute atomic E-state index is 5.83. The smallest absolute Gasteiger partial charge is 0.119 e. The van der Waals surface area contributed by atoms with Crippen molar-refractivity contribution in [3.8, 4) is 5.75 Å². The molecule has 0 atom stereocenters. The Morgan fingerprint density at radius 3 is 1.92 bits per heavy atom. The van der Waals surface area contributed by atoms with E-state index in [1.165, 1.54) is 48.8 Å². The van der Waals surface area contributed by atoms with Crippen molar-refractivity contribution in [3.63, 3.8) is 0 Å². The first-order valence-electron chi connectivity index (χ1n) is 9.76. The maximum Gasteiger partial charge on any atom is 0.119 e. The molecule has 0 radical (unpaired) electrons. The average molecular weight is 340 g/mol. The van der Waals surface area contributed by atoms with E-state index in [9.17, 15) is 0 Å². The lowest BCUT2D eigenvalue weighted by Gasteiger charge is -2.08. The van der Waals surface area contributed by atoms with E-state index in [0.717, 1.165) is 31.9 Å². The van der Waals surface area contributed by atoms with Crippen LogP contribution in [0.15, 0.2) is 48.5 Å². The van der Waals surface area contributed by atoms with E-state index in [4.69, 9.17) is 4.74 Å². The van der Waals surface area contributed by atoms with Crippen LogP contribution in [0.1, 0.15) is 62.1 Å². The van der Waals surface area contributed by atoms with Gasteiger partial charge in [0.25, 0.3) is 0 Å². The fourth-order valence-corrected chi connectivity index (χ4v) is 2.83. The molecule has 2 aromatic rings. The number of rotatable bonds is 12. The van der Waals surface area contributed by atoms with Crippen molar-refractivity contribution in [1.82, 2.24) is 5.32 Å². The van der Waals surface area contributed by atoms with Crippen LogP contribution in [0.2, 0.25) is 0 Å². The quantitative estimate of drug-likeness (QED) is 0.477. The standard InChI is InChI=1S/C23H33NO/c1-3-4-5-6-7-8-17-25-23-15-13-22(14-16-23)19-24-18-21-11-9-20(2)10-12-21/h9-16,24H,3-8,17-19H2,1-2H3. The number of benzene rings is 2. The van der Waals surface area contributed by atoms with Gasteiger partial charge in [-0.15, -0.1) is 0 Å². The first kappa shape index (κ1) is 19.5. The van der Waals surface area contributed by atoms with Crippen LogP contribution in [0.25, 0.3) is 0 Å². The molecule has 0 aliphatic carbocycles. The summed E-state index contributed by atoms with van der Waals surface area (Å²) in [5.41, 5.74) is 3.92. The first-order chi connectivity index (χ1) is 12.3. The molecule has 0 saturated carbocycles. The van der Waals surface area contributed by atoms with Gasteiger partial charge < -0.3 is 10.1 Å². The Morgan fingerprint density at radius 1 is 0.720 bits per heavy atom. The van der Waals surface area contributed by atoms with Crippen LogP contribution in [0, 0.1) is 6.92 Å². The fraction of sp³-hybridized carbons (Fsp3) is 0.478. The molecular weight excluding hydrogens is 306 g/mol. The summed E-state index contributed by atoms with van der Waals surface area (Å²) >= 11 is 0. The summed E-state index contributed by atoms with van der Waals surface area (Å²) in [6.45, 7) is 6.98. The molecule has 0 spiro atoms. The van der Waals surface area contributed by atoms with Gasteiger partial charge in [0.2, 0.25) is 0 Å². The zero-order chi connectivity index (χ0) is 17.7. The Balaban J connectivity index is 1.60. The van der Waals surface area contributed by atoms with Gasteiger partial charge >= 0.3 is 0 Å². The SMILES string of the molecule is CCCCCCCCOc1ccc(CNCc2ccc(C)cc2)cc1. The predicted octanol–water partition coefficient (Wildman–Crippen LogP) is 6.02. The lowest BCUT2D eigenvalue weighted by molar-refractivity contribution is 0.304. The third-order valence-electron chi connectivity index (χ3n) is 4.47. The van der Waals surface area contributed by atoms with Gasteiger partial charge in [-0.1, -0.05) is 81.0 Å². The Morgan fingerprint density at radius 2 is 1.28 bits per heavy atom. The molecule has 136 valence electrons. The number of aryl methyl sites for hydroxylation is 1. The van der Waals surface area contributed by atoms with Gasteiger partial charge in [-0.05, 0) is 36.6 Å². The highest BCUT2D eigenvalue weighted by molar-refractivity contribution is 5.27.